The average Bonchev–Trinajstić information content (AvgIpc) is 2.54. The van der Waals surface area contributed by atoms with E-state index in [0.29, 0.717) is 25.2 Å². The first-order valence-corrected chi connectivity index (χ1v) is 7.56. The molecule has 1 aromatic carbocycles. The van der Waals surface area contributed by atoms with Crippen LogP contribution in [0.4, 0.5) is 4.39 Å². The summed E-state index contributed by atoms with van der Waals surface area (Å²) in [6.45, 7) is 3.24. The number of hydrogen-bond donors (Lipinski definition) is 2. The third kappa shape index (κ3) is 5.18. The standard InChI is InChI=1S/C16H22FN3O2.ClH/c1-11(9-18)19-15(21)13-3-2-8-20(10-13)16(22)12-4-6-14(17)7-5-12;/h4-7,11,13H,2-3,8-10,18H2,1H3,(H,19,21);1H/t11-,13?;/m0./s1. The molecule has 2 amide bonds. The minimum Gasteiger partial charge on any atom is -0.352 e. The molecule has 1 heterocycles. The van der Waals surface area contributed by atoms with Crippen LogP contribution >= 0.6 is 12.4 Å². The van der Waals surface area contributed by atoms with E-state index in [4.69, 9.17) is 5.73 Å². The highest BCUT2D eigenvalue weighted by Crippen LogP contribution is 2.19. The Morgan fingerprint density at radius 2 is 2.04 bits per heavy atom. The first kappa shape index (κ1) is 19.4. The van der Waals surface area contributed by atoms with Crippen LogP contribution in [0.25, 0.3) is 0 Å². The quantitative estimate of drug-likeness (QED) is 0.871. The first-order valence-electron chi connectivity index (χ1n) is 7.56. The van der Waals surface area contributed by atoms with E-state index in [1.54, 1.807) is 4.90 Å². The summed E-state index contributed by atoms with van der Waals surface area (Å²) in [6, 6.07) is 5.40. The van der Waals surface area contributed by atoms with Crippen LogP contribution in [0.5, 0.6) is 0 Å². The molecule has 23 heavy (non-hydrogen) atoms. The molecule has 1 aromatic rings. The van der Waals surface area contributed by atoms with E-state index in [9.17, 15) is 14.0 Å². The molecule has 1 unspecified atom stereocenters. The number of nitrogens with one attached hydrogen (secondary N) is 1. The second kappa shape index (κ2) is 8.84. The highest BCUT2D eigenvalue weighted by molar-refractivity contribution is 5.94. The minimum absolute atomic E-state index is 0. The lowest BCUT2D eigenvalue weighted by atomic mass is 9.96. The molecule has 5 nitrogen and oxygen atoms in total. The molecule has 7 heteroatoms. The Morgan fingerprint density at radius 3 is 2.65 bits per heavy atom. The lowest BCUT2D eigenvalue weighted by molar-refractivity contribution is -0.126. The van der Waals surface area contributed by atoms with Crippen molar-refractivity contribution in [2.75, 3.05) is 19.6 Å². The van der Waals surface area contributed by atoms with Gasteiger partial charge in [-0.15, -0.1) is 12.4 Å². The van der Waals surface area contributed by atoms with Gasteiger partial charge in [0.1, 0.15) is 5.82 Å². The van der Waals surface area contributed by atoms with Crippen LogP contribution in [-0.4, -0.2) is 42.4 Å². The number of piperidine rings is 1. The summed E-state index contributed by atoms with van der Waals surface area (Å²) in [7, 11) is 0. The van der Waals surface area contributed by atoms with Crippen molar-refractivity contribution >= 4 is 24.2 Å². The second-order valence-corrected chi connectivity index (χ2v) is 5.74. The van der Waals surface area contributed by atoms with Gasteiger partial charge in [-0.1, -0.05) is 0 Å². The van der Waals surface area contributed by atoms with Gasteiger partial charge in [0.2, 0.25) is 5.91 Å². The van der Waals surface area contributed by atoms with E-state index in [1.807, 2.05) is 6.92 Å². The van der Waals surface area contributed by atoms with Crippen molar-refractivity contribution in [1.29, 1.82) is 0 Å². The monoisotopic (exact) mass is 343 g/mol. The van der Waals surface area contributed by atoms with Crippen molar-refractivity contribution in [2.24, 2.45) is 11.7 Å². The molecule has 0 radical (unpaired) electrons. The van der Waals surface area contributed by atoms with Gasteiger partial charge in [-0.05, 0) is 44.0 Å². The predicted molar refractivity (Wildman–Crippen MR) is 88.9 cm³/mol. The van der Waals surface area contributed by atoms with Gasteiger partial charge in [-0.25, -0.2) is 4.39 Å². The number of hydrogen-bond acceptors (Lipinski definition) is 3. The van der Waals surface area contributed by atoms with Gasteiger partial charge in [0.15, 0.2) is 0 Å². The summed E-state index contributed by atoms with van der Waals surface area (Å²) in [4.78, 5) is 26.2. The Labute approximate surface area is 141 Å². The zero-order valence-electron chi connectivity index (χ0n) is 13.1. The Kier molecular flexibility index (Phi) is 7.45. The molecule has 1 aliphatic rings. The number of amides is 2. The molecule has 2 rings (SSSR count). The Balaban J connectivity index is 0.00000264. The van der Waals surface area contributed by atoms with Crippen LogP contribution in [0.2, 0.25) is 0 Å². The molecule has 0 saturated carbocycles. The van der Waals surface area contributed by atoms with Gasteiger partial charge in [0.05, 0.1) is 5.92 Å². The highest BCUT2D eigenvalue weighted by atomic mass is 35.5. The number of carbonyl (C=O) groups is 2. The predicted octanol–water partition coefficient (Wildman–Crippen LogP) is 1.56. The Bertz CT molecular complexity index is 539. The van der Waals surface area contributed by atoms with E-state index < -0.39 is 0 Å². The van der Waals surface area contributed by atoms with Crippen LogP contribution in [0, 0.1) is 11.7 Å². The molecule has 3 N–H and O–H groups in total. The summed E-state index contributed by atoms with van der Waals surface area (Å²) >= 11 is 0. The molecular weight excluding hydrogens is 321 g/mol. The number of rotatable bonds is 4. The second-order valence-electron chi connectivity index (χ2n) is 5.74. The number of carbonyl (C=O) groups excluding carboxylic acids is 2. The van der Waals surface area contributed by atoms with Gasteiger partial charge in [0, 0.05) is 31.2 Å². The summed E-state index contributed by atoms with van der Waals surface area (Å²) in [5.74, 6) is -0.811. The van der Waals surface area contributed by atoms with E-state index in [1.165, 1.54) is 24.3 Å². The zero-order chi connectivity index (χ0) is 16.1. The third-order valence-electron chi connectivity index (χ3n) is 3.91. The lowest BCUT2D eigenvalue weighted by Crippen LogP contribution is -2.48. The van der Waals surface area contributed by atoms with Crippen LogP contribution in [0.3, 0.4) is 0 Å². The number of benzene rings is 1. The van der Waals surface area contributed by atoms with Crippen molar-refractivity contribution in [3.63, 3.8) is 0 Å². The number of nitrogens with two attached hydrogens (primary N) is 1. The third-order valence-corrected chi connectivity index (χ3v) is 3.91. The average molecular weight is 344 g/mol. The summed E-state index contributed by atoms with van der Waals surface area (Å²) in [5, 5.41) is 2.85. The van der Waals surface area contributed by atoms with Crippen molar-refractivity contribution in [3.8, 4) is 0 Å². The van der Waals surface area contributed by atoms with Gasteiger partial charge >= 0.3 is 0 Å². The maximum absolute atomic E-state index is 12.9. The minimum atomic E-state index is -0.372. The molecule has 0 bridgehead atoms. The SMILES string of the molecule is C[C@@H](CN)NC(=O)C1CCCN(C(=O)c2ccc(F)cc2)C1.Cl. The smallest absolute Gasteiger partial charge is 0.253 e. The fraction of sp³-hybridized carbons (Fsp3) is 0.500. The largest absolute Gasteiger partial charge is 0.352 e. The molecule has 1 aliphatic heterocycles. The zero-order valence-corrected chi connectivity index (χ0v) is 13.9. The van der Waals surface area contributed by atoms with Crippen molar-refractivity contribution < 1.29 is 14.0 Å². The fourth-order valence-corrected chi connectivity index (χ4v) is 2.57. The number of likely N-dealkylation sites (tertiary alicyclic amines) is 1. The van der Waals surface area contributed by atoms with Gasteiger partial charge in [-0.2, -0.15) is 0 Å². The normalized spacial score (nSPS) is 18.7. The molecule has 2 atom stereocenters. The molecule has 0 aliphatic carbocycles. The number of nitrogens with zero attached hydrogens (tertiary/aromatic N) is 1. The van der Waals surface area contributed by atoms with Crippen molar-refractivity contribution in [2.45, 2.75) is 25.8 Å². The van der Waals surface area contributed by atoms with Gasteiger partial charge < -0.3 is 16.0 Å². The summed E-state index contributed by atoms with van der Waals surface area (Å²) in [5.41, 5.74) is 5.95. The van der Waals surface area contributed by atoms with Gasteiger partial charge in [0.25, 0.3) is 5.91 Å². The van der Waals surface area contributed by atoms with Gasteiger partial charge in [-0.3, -0.25) is 9.59 Å². The van der Waals surface area contributed by atoms with Crippen molar-refractivity contribution in [3.05, 3.63) is 35.6 Å². The van der Waals surface area contributed by atoms with Crippen LogP contribution in [0.15, 0.2) is 24.3 Å². The Morgan fingerprint density at radius 1 is 1.39 bits per heavy atom. The molecule has 1 saturated heterocycles. The van der Waals surface area contributed by atoms with Crippen LogP contribution in [0.1, 0.15) is 30.1 Å². The van der Waals surface area contributed by atoms with E-state index in [0.717, 1.165) is 12.8 Å². The summed E-state index contributed by atoms with van der Waals surface area (Å²) in [6.07, 6.45) is 1.54. The Hall–Kier alpha value is -1.66. The van der Waals surface area contributed by atoms with E-state index in [2.05, 4.69) is 5.32 Å². The van der Waals surface area contributed by atoms with E-state index in [-0.39, 0.29) is 42.0 Å². The molecule has 0 spiro atoms. The van der Waals surface area contributed by atoms with Crippen molar-refractivity contribution in [1.82, 2.24) is 10.2 Å². The fourth-order valence-electron chi connectivity index (χ4n) is 2.57. The molecule has 128 valence electrons. The molecule has 0 aromatic heterocycles. The van der Waals surface area contributed by atoms with Crippen LogP contribution < -0.4 is 11.1 Å². The lowest BCUT2D eigenvalue weighted by Gasteiger charge is -2.32. The summed E-state index contributed by atoms with van der Waals surface area (Å²) < 4.78 is 12.9. The number of halogens is 2. The first-order chi connectivity index (χ1) is 10.5. The maximum atomic E-state index is 12.9. The van der Waals surface area contributed by atoms with Crippen LogP contribution in [-0.2, 0) is 4.79 Å². The molecular formula is C16H23ClFN3O2. The van der Waals surface area contributed by atoms with E-state index >= 15 is 0 Å². The molecule has 1 fully saturated rings. The maximum Gasteiger partial charge on any atom is 0.253 e. The highest BCUT2D eigenvalue weighted by Gasteiger charge is 2.29. The topological polar surface area (TPSA) is 75.4 Å².